The molecule has 0 aromatic heterocycles. The number of hydrogen-bond acceptors (Lipinski definition) is 0. The molecule has 0 heterocycles. The number of para-hydroxylation sites is 1. The Hall–Kier alpha value is -2.04. The molecule has 1 aromatic rings. The van der Waals surface area contributed by atoms with E-state index in [1.165, 1.54) is 5.56 Å². The molecule has 8 N–H and O–H groups in total. The number of aryl methyl sites for hydroxylation is 1. The van der Waals surface area contributed by atoms with Crippen molar-refractivity contribution in [1.29, 1.82) is 0 Å². The Balaban J connectivity index is 3.02. The van der Waals surface area contributed by atoms with Gasteiger partial charge in [0.15, 0.2) is 5.69 Å². The zero-order valence-corrected chi connectivity index (χ0v) is 8.75. The summed E-state index contributed by atoms with van der Waals surface area (Å²) in [6, 6.07) is 7.90. The summed E-state index contributed by atoms with van der Waals surface area (Å²) in [5.74, 6) is 0.380. The largest absolute Gasteiger partial charge is 0.522 e. The van der Waals surface area contributed by atoms with Crippen molar-refractivity contribution in [3.63, 3.8) is 0 Å². The molecule has 80 valence electrons. The van der Waals surface area contributed by atoms with Crippen LogP contribution in [0.2, 0.25) is 0 Å². The second-order valence-corrected chi connectivity index (χ2v) is 3.13. The van der Waals surface area contributed by atoms with E-state index >= 15 is 0 Å². The smallest absolute Gasteiger partial charge is 0.345 e. The highest BCUT2D eigenvalue weighted by atomic mass is 15.1. The predicted molar refractivity (Wildman–Crippen MR) is 60.0 cm³/mol. The zero-order valence-electron chi connectivity index (χ0n) is 8.75. The maximum Gasteiger partial charge on any atom is 0.522 e. The van der Waals surface area contributed by atoms with Crippen LogP contribution >= 0.6 is 0 Å². The van der Waals surface area contributed by atoms with Gasteiger partial charge in [-0.2, -0.15) is 4.99 Å². The quantitative estimate of drug-likeness (QED) is 0.258. The summed E-state index contributed by atoms with van der Waals surface area (Å²) >= 11 is 0. The van der Waals surface area contributed by atoms with Gasteiger partial charge in [-0.25, -0.2) is 5.73 Å². The van der Waals surface area contributed by atoms with Crippen LogP contribution in [0, 0.1) is 0 Å². The predicted octanol–water partition coefficient (Wildman–Crippen LogP) is -3.37. The lowest BCUT2D eigenvalue weighted by Crippen LogP contribution is -2.96. The molecule has 0 amide bonds. The van der Waals surface area contributed by atoms with Crippen LogP contribution in [0.4, 0.5) is 5.69 Å². The average molecular weight is 207 g/mol. The van der Waals surface area contributed by atoms with Gasteiger partial charge in [0.25, 0.3) is 5.96 Å². The van der Waals surface area contributed by atoms with Gasteiger partial charge in [-0.05, 0) is 12.5 Å². The van der Waals surface area contributed by atoms with Crippen LogP contribution in [0.3, 0.4) is 0 Å². The van der Waals surface area contributed by atoms with E-state index in [4.69, 9.17) is 17.2 Å². The minimum atomic E-state index is 0.0639. The van der Waals surface area contributed by atoms with Gasteiger partial charge in [0.05, 0.1) is 0 Å². The molecule has 15 heavy (non-hydrogen) atoms. The fourth-order valence-electron chi connectivity index (χ4n) is 1.28. The fourth-order valence-corrected chi connectivity index (χ4v) is 1.28. The molecule has 1 rings (SSSR count). The lowest BCUT2D eigenvalue weighted by Gasteiger charge is -1.96. The monoisotopic (exact) mass is 207 g/mol. The van der Waals surface area contributed by atoms with Crippen molar-refractivity contribution < 1.29 is 9.98 Å². The molecule has 0 radical (unpaired) electrons. The average Bonchev–Trinajstić information content (AvgIpc) is 2.17. The van der Waals surface area contributed by atoms with Gasteiger partial charge >= 0.3 is 5.96 Å². The number of nitrogens with one attached hydrogen (secondary N) is 2. The minimum absolute atomic E-state index is 0.0639. The first-order valence-electron chi connectivity index (χ1n) is 4.75. The molecule has 0 bridgehead atoms. The first-order valence-corrected chi connectivity index (χ1v) is 4.75. The van der Waals surface area contributed by atoms with Crippen LogP contribution in [-0.4, -0.2) is 11.9 Å². The third-order valence-corrected chi connectivity index (χ3v) is 1.95. The van der Waals surface area contributed by atoms with Crippen molar-refractivity contribution in [2.24, 2.45) is 17.2 Å². The highest BCUT2D eigenvalue weighted by Crippen LogP contribution is 2.08. The van der Waals surface area contributed by atoms with Crippen molar-refractivity contribution in [2.45, 2.75) is 13.3 Å². The Kier molecular flexibility index (Phi) is 3.68. The SMILES string of the molecule is CCc1ccccc1[NH+]=C(N)[NH+]=C(N)N. The second-order valence-electron chi connectivity index (χ2n) is 3.13. The summed E-state index contributed by atoms with van der Waals surface area (Å²) in [6.45, 7) is 2.08. The summed E-state index contributed by atoms with van der Waals surface area (Å²) in [5, 5.41) is 0. The molecule has 0 unspecified atom stereocenters. The van der Waals surface area contributed by atoms with E-state index in [1.807, 2.05) is 24.3 Å². The van der Waals surface area contributed by atoms with Gasteiger partial charge in [-0.15, -0.1) is 4.99 Å². The van der Waals surface area contributed by atoms with Gasteiger partial charge in [0.1, 0.15) is 0 Å². The molecule has 0 aliphatic carbocycles. The van der Waals surface area contributed by atoms with E-state index in [1.54, 1.807) is 0 Å². The normalized spacial score (nSPS) is 11.1. The molecule has 0 fully saturated rings. The molecule has 5 nitrogen and oxygen atoms in total. The van der Waals surface area contributed by atoms with Gasteiger partial charge in [0, 0.05) is 5.56 Å². The highest BCUT2D eigenvalue weighted by Gasteiger charge is 2.07. The lowest BCUT2D eigenvalue weighted by atomic mass is 10.1. The molecule has 1 aromatic carbocycles. The van der Waals surface area contributed by atoms with E-state index < -0.39 is 0 Å². The summed E-state index contributed by atoms with van der Waals surface area (Å²) in [6.07, 6.45) is 0.929. The molecule has 0 aliphatic heterocycles. The minimum Gasteiger partial charge on any atom is -0.345 e. The first kappa shape index (κ1) is 11.0. The summed E-state index contributed by atoms with van der Waals surface area (Å²) in [5.41, 5.74) is 18.3. The van der Waals surface area contributed by atoms with Crippen LogP contribution in [0.1, 0.15) is 12.5 Å². The summed E-state index contributed by atoms with van der Waals surface area (Å²) < 4.78 is 0. The van der Waals surface area contributed by atoms with Crippen molar-refractivity contribution in [3.05, 3.63) is 29.8 Å². The maximum absolute atomic E-state index is 5.64. The number of hydrogen-bond donors (Lipinski definition) is 5. The van der Waals surface area contributed by atoms with E-state index in [2.05, 4.69) is 16.9 Å². The molecule has 0 spiro atoms. The van der Waals surface area contributed by atoms with Gasteiger partial charge in [0.2, 0.25) is 0 Å². The molecular formula is C10H17N5+2. The topological polar surface area (TPSA) is 106 Å². The van der Waals surface area contributed by atoms with Crippen LogP contribution < -0.4 is 27.2 Å². The van der Waals surface area contributed by atoms with Gasteiger partial charge in [-0.1, -0.05) is 25.1 Å². The second kappa shape index (κ2) is 4.99. The van der Waals surface area contributed by atoms with E-state index in [9.17, 15) is 0 Å². The Morgan fingerprint density at radius 2 is 1.87 bits per heavy atom. The molecule has 0 aliphatic rings. The number of nitrogens with two attached hydrogens (primary N) is 3. The Labute approximate surface area is 88.7 Å². The molecule has 5 heteroatoms. The molecule has 0 atom stereocenters. The third-order valence-electron chi connectivity index (χ3n) is 1.95. The van der Waals surface area contributed by atoms with Crippen molar-refractivity contribution in [2.75, 3.05) is 0 Å². The van der Waals surface area contributed by atoms with Gasteiger partial charge in [-0.3, -0.25) is 0 Å². The molecule has 0 saturated heterocycles. The maximum atomic E-state index is 5.64. The lowest BCUT2D eigenvalue weighted by molar-refractivity contribution is -0.459. The molecule has 0 saturated carbocycles. The van der Waals surface area contributed by atoms with Crippen LogP contribution in [-0.2, 0) is 6.42 Å². The fraction of sp³-hybridized carbons (Fsp3) is 0.200. The van der Waals surface area contributed by atoms with Gasteiger partial charge < -0.3 is 11.5 Å². The Morgan fingerprint density at radius 1 is 1.20 bits per heavy atom. The Bertz CT molecular complexity index is 391. The molecular weight excluding hydrogens is 190 g/mol. The van der Waals surface area contributed by atoms with Crippen molar-refractivity contribution in [1.82, 2.24) is 0 Å². The number of rotatable bonds is 2. The van der Waals surface area contributed by atoms with Crippen LogP contribution in [0.5, 0.6) is 0 Å². The van der Waals surface area contributed by atoms with Crippen LogP contribution in [0.25, 0.3) is 0 Å². The number of guanidine groups is 2. The van der Waals surface area contributed by atoms with Crippen LogP contribution in [0.15, 0.2) is 24.3 Å². The van der Waals surface area contributed by atoms with E-state index in [-0.39, 0.29) is 5.96 Å². The summed E-state index contributed by atoms with van der Waals surface area (Å²) in [7, 11) is 0. The highest BCUT2D eigenvalue weighted by molar-refractivity contribution is 5.76. The van der Waals surface area contributed by atoms with E-state index in [0.717, 1.165) is 12.1 Å². The van der Waals surface area contributed by atoms with Crippen molar-refractivity contribution >= 4 is 17.6 Å². The zero-order chi connectivity index (χ0) is 11.3. The number of benzene rings is 1. The van der Waals surface area contributed by atoms with Crippen molar-refractivity contribution in [3.8, 4) is 0 Å². The van der Waals surface area contributed by atoms with E-state index in [0.29, 0.717) is 5.96 Å². The standard InChI is InChI=1S/C10H15N5/c1-2-7-5-3-4-6-8(7)14-10(13)15-9(11)12/h3-6H,2H2,1H3,(H6,11,12,13,14,15)/p+2. The third kappa shape index (κ3) is 3.30. The summed E-state index contributed by atoms with van der Waals surface area (Å²) in [4.78, 5) is 5.59. The Morgan fingerprint density at radius 3 is 2.47 bits per heavy atom. The first-order chi connectivity index (χ1) is 7.13.